The first-order valence-corrected chi connectivity index (χ1v) is 4.41. The van der Waals surface area contributed by atoms with Crippen LogP contribution in [0.15, 0.2) is 18.6 Å². The molecule has 2 N–H and O–H groups in total. The van der Waals surface area contributed by atoms with E-state index in [2.05, 4.69) is 9.97 Å². The second kappa shape index (κ2) is 7.14. The number of aromatic nitrogens is 2. The molecule has 0 spiro atoms. The second-order valence-corrected chi connectivity index (χ2v) is 2.76. The van der Waals surface area contributed by atoms with Crippen LogP contribution in [0.5, 0.6) is 0 Å². The number of hydrogen-bond acceptors (Lipinski definition) is 5. The highest BCUT2D eigenvalue weighted by Crippen LogP contribution is 1.97. The molecule has 5 nitrogen and oxygen atoms in total. The summed E-state index contributed by atoms with van der Waals surface area (Å²) in [7, 11) is 0. The van der Waals surface area contributed by atoms with Crippen LogP contribution in [0.1, 0.15) is 12.6 Å². The van der Waals surface area contributed by atoms with Gasteiger partial charge in [-0.15, -0.1) is 12.4 Å². The van der Waals surface area contributed by atoms with Gasteiger partial charge in [-0.2, -0.15) is 0 Å². The smallest absolute Gasteiger partial charge is 0.323 e. The number of esters is 1. The molecule has 0 saturated carbocycles. The van der Waals surface area contributed by atoms with Gasteiger partial charge in [0.2, 0.25) is 0 Å². The quantitative estimate of drug-likeness (QED) is 0.756. The summed E-state index contributed by atoms with van der Waals surface area (Å²) < 4.78 is 4.77. The average Bonchev–Trinajstić information content (AvgIpc) is 2.19. The molecule has 1 aromatic heterocycles. The van der Waals surface area contributed by atoms with Gasteiger partial charge in [-0.05, 0) is 13.0 Å². The highest BCUT2D eigenvalue weighted by molar-refractivity contribution is 5.85. The molecule has 1 atom stereocenters. The maximum Gasteiger partial charge on any atom is 0.323 e. The lowest BCUT2D eigenvalue weighted by molar-refractivity contribution is -0.144. The fraction of sp³-hybridized carbons (Fsp3) is 0.444. The van der Waals surface area contributed by atoms with Crippen LogP contribution in [0.3, 0.4) is 0 Å². The number of carbonyl (C=O) groups is 1. The average molecular weight is 232 g/mol. The lowest BCUT2D eigenvalue weighted by Gasteiger charge is -2.09. The maximum atomic E-state index is 11.2. The fourth-order valence-corrected chi connectivity index (χ4v) is 0.997. The minimum absolute atomic E-state index is 0. The molecule has 0 aromatic carbocycles. The predicted octanol–water partition coefficient (Wildman–Crippen LogP) is 0.331. The van der Waals surface area contributed by atoms with Crippen LogP contribution in [-0.2, 0) is 16.0 Å². The Balaban J connectivity index is 0.00000196. The third-order valence-electron chi connectivity index (χ3n) is 1.66. The zero-order chi connectivity index (χ0) is 10.4. The van der Waals surface area contributed by atoms with Gasteiger partial charge in [-0.25, -0.2) is 9.97 Å². The summed E-state index contributed by atoms with van der Waals surface area (Å²) >= 11 is 0. The lowest BCUT2D eigenvalue weighted by Crippen LogP contribution is -2.34. The van der Waals surface area contributed by atoms with Gasteiger partial charge in [0.1, 0.15) is 12.4 Å². The molecule has 1 aromatic rings. The van der Waals surface area contributed by atoms with Crippen molar-refractivity contribution in [2.45, 2.75) is 19.4 Å². The summed E-state index contributed by atoms with van der Waals surface area (Å²) in [5, 5.41) is 0. The van der Waals surface area contributed by atoms with Crippen LogP contribution in [0.2, 0.25) is 0 Å². The SMILES string of the molecule is CCOC(=O)C(N)Cc1ccncn1.Cl. The van der Waals surface area contributed by atoms with E-state index in [1.807, 2.05) is 0 Å². The van der Waals surface area contributed by atoms with Crippen LogP contribution in [0.4, 0.5) is 0 Å². The monoisotopic (exact) mass is 231 g/mol. The molecule has 0 aliphatic heterocycles. The van der Waals surface area contributed by atoms with E-state index in [1.165, 1.54) is 6.33 Å². The van der Waals surface area contributed by atoms with Gasteiger partial charge in [-0.1, -0.05) is 0 Å². The molecule has 0 saturated heterocycles. The number of nitrogens with two attached hydrogens (primary N) is 1. The van der Waals surface area contributed by atoms with Crippen molar-refractivity contribution in [3.05, 3.63) is 24.3 Å². The Morgan fingerprint density at radius 2 is 2.40 bits per heavy atom. The van der Waals surface area contributed by atoms with E-state index in [9.17, 15) is 4.79 Å². The van der Waals surface area contributed by atoms with Crippen LogP contribution in [0, 0.1) is 0 Å². The second-order valence-electron chi connectivity index (χ2n) is 2.76. The molecule has 0 radical (unpaired) electrons. The summed E-state index contributed by atoms with van der Waals surface area (Å²) in [5.74, 6) is -0.397. The van der Waals surface area contributed by atoms with Crippen molar-refractivity contribution in [2.24, 2.45) is 5.73 Å². The minimum atomic E-state index is -0.648. The van der Waals surface area contributed by atoms with Gasteiger partial charge in [0.05, 0.1) is 6.61 Å². The topological polar surface area (TPSA) is 78.1 Å². The molecule has 6 heteroatoms. The fourth-order valence-electron chi connectivity index (χ4n) is 0.997. The molecule has 0 bridgehead atoms. The van der Waals surface area contributed by atoms with Gasteiger partial charge < -0.3 is 10.5 Å². The van der Waals surface area contributed by atoms with E-state index in [-0.39, 0.29) is 12.4 Å². The van der Waals surface area contributed by atoms with E-state index >= 15 is 0 Å². The van der Waals surface area contributed by atoms with Crippen molar-refractivity contribution in [2.75, 3.05) is 6.61 Å². The van der Waals surface area contributed by atoms with Crippen molar-refractivity contribution in [3.63, 3.8) is 0 Å². The lowest BCUT2D eigenvalue weighted by atomic mass is 10.1. The number of halogens is 1. The van der Waals surface area contributed by atoms with Gasteiger partial charge in [0.15, 0.2) is 0 Å². The Morgan fingerprint density at radius 3 is 2.93 bits per heavy atom. The number of rotatable bonds is 4. The molecular formula is C9H14ClN3O2. The first-order valence-electron chi connectivity index (χ1n) is 4.41. The Bertz CT molecular complexity index is 295. The van der Waals surface area contributed by atoms with E-state index in [1.54, 1.807) is 19.2 Å². The molecule has 15 heavy (non-hydrogen) atoms. The third-order valence-corrected chi connectivity index (χ3v) is 1.66. The predicted molar refractivity (Wildman–Crippen MR) is 57.6 cm³/mol. The van der Waals surface area contributed by atoms with Gasteiger partial charge in [-0.3, -0.25) is 4.79 Å². The van der Waals surface area contributed by atoms with Crippen molar-refractivity contribution in [3.8, 4) is 0 Å². The van der Waals surface area contributed by atoms with Crippen molar-refractivity contribution < 1.29 is 9.53 Å². The molecule has 1 unspecified atom stereocenters. The van der Waals surface area contributed by atoms with Crippen LogP contribution in [-0.4, -0.2) is 28.6 Å². The van der Waals surface area contributed by atoms with Crippen LogP contribution < -0.4 is 5.73 Å². The van der Waals surface area contributed by atoms with Crippen molar-refractivity contribution in [1.82, 2.24) is 9.97 Å². The molecule has 0 aliphatic rings. The van der Waals surface area contributed by atoms with Gasteiger partial charge in [0.25, 0.3) is 0 Å². The van der Waals surface area contributed by atoms with E-state index in [4.69, 9.17) is 10.5 Å². The Labute approximate surface area is 94.5 Å². The zero-order valence-corrected chi connectivity index (χ0v) is 9.24. The molecule has 1 heterocycles. The van der Waals surface area contributed by atoms with E-state index in [0.29, 0.717) is 13.0 Å². The zero-order valence-electron chi connectivity index (χ0n) is 8.42. The van der Waals surface area contributed by atoms with Crippen LogP contribution in [0.25, 0.3) is 0 Å². The Morgan fingerprint density at radius 1 is 1.67 bits per heavy atom. The summed E-state index contributed by atoms with van der Waals surface area (Å²) in [5.41, 5.74) is 6.34. The molecule has 0 amide bonds. The summed E-state index contributed by atoms with van der Waals surface area (Å²) in [6, 6.07) is 1.07. The highest BCUT2D eigenvalue weighted by Gasteiger charge is 2.15. The summed E-state index contributed by atoms with van der Waals surface area (Å²) in [6.45, 7) is 2.09. The normalized spacial score (nSPS) is 11.3. The molecule has 0 aliphatic carbocycles. The number of carbonyl (C=O) groups excluding carboxylic acids is 1. The van der Waals surface area contributed by atoms with Gasteiger partial charge >= 0.3 is 5.97 Å². The summed E-state index contributed by atoms with van der Waals surface area (Å²) in [4.78, 5) is 18.9. The summed E-state index contributed by atoms with van der Waals surface area (Å²) in [6.07, 6.45) is 3.41. The Hall–Kier alpha value is -1.20. The largest absolute Gasteiger partial charge is 0.465 e. The number of ether oxygens (including phenoxy) is 1. The third kappa shape index (κ3) is 4.71. The van der Waals surface area contributed by atoms with E-state index in [0.717, 1.165) is 5.69 Å². The molecule has 0 fully saturated rings. The molecular weight excluding hydrogens is 218 g/mol. The first-order chi connectivity index (χ1) is 6.74. The van der Waals surface area contributed by atoms with E-state index < -0.39 is 12.0 Å². The Kier molecular flexibility index (Phi) is 6.57. The van der Waals surface area contributed by atoms with Crippen molar-refractivity contribution >= 4 is 18.4 Å². The maximum absolute atomic E-state index is 11.2. The van der Waals surface area contributed by atoms with Crippen molar-refractivity contribution in [1.29, 1.82) is 0 Å². The standard InChI is InChI=1S/C9H13N3O2.ClH/c1-2-14-9(13)8(10)5-7-3-4-11-6-12-7;/h3-4,6,8H,2,5,10H2,1H3;1H. The highest BCUT2D eigenvalue weighted by atomic mass is 35.5. The number of hydrogen-bond donors (Lipinski definition) is 1. The number of nitrogens with zero attached hydrogens (tertiary/aromatic N) is 2. The van der Waals surface area contributed by atoms with Gasteiger partial charge in [0, 0.05) is 18.3 Å². The minimum Gasteiger partial charge on any atom is -0.465 e. The molecule has 84 valence electrons. The first kappa shape index (κ1) is 13.8. The van der Waals surface area contributed by atoms with Crippen LogP contribution >= 0.6 is 12.4 Å². The molecule has 1 rings (SSSR count).